The van der Waals surface area contributed by atoms with Crippen molar-refractivity contribution in [2.24, 2.45) is 11.8 Å². The number of nitrogens with one attached hydrogen (secondary N) is 1. The molecule has 0 amide bonds. The van der Waals surface area contributed by atoms with Crippen molar-refractivity contribution in [2.45, 2.75) is 38.0 Å². The monoisotopic (exact) mass is 345 g/mol. The quantitative estimate of drug-likeness (QED) is 0.907. The van der Waals surface area contributed by atoms with Gasteiger partial charge in [0.2, 0.25) is 10.0 Å². The van der Waals surface area contributed by atoms with Crippen LogP contribution < -0.4 is 4.72 Å². The van der Waals surface area contributed by atoms with Gasteiger partial charge in [0.05, 0.1) is 4.90 Å². The smallest absolute Gasteiger partial charge is 0.211 e. The number of hydrogen-bond donors (Lipinski definition) is 1. The van der Waals surface area contributed by atoms with Gasteiger partial charge in [0.1, 0.15) is 0 Å². The van der Waals surface area contributed by atoms with Crippen molar-refractivity contribution in [1.29, 1.82) is 0 Å². The minimum atomic E-state index is -3.38. The molecule has 106 valence electrons. The number of benzene rings is 1. The highest BCUT2D eigenvalue weighted by atomic mass is 79.9. The van der Waals surface area contributed by atoms with Crippen LogP contribution in [0.1, 0.15) is 31.7 Å². The molecule has 1 saturated carbocycles. The number of hydrogen-bond acceptors (Lipinski definition) is 2. The molecule has 0 heterocycles. The molecule has 0 aromatic heterocycles. The van der Waals surface area contributed by atoms with E-state index in [1.54, 1.807) is 18.2 Å². The fourth-order valence-electron chi connectivity index (χ4n) is 2.61. The van der Waals surface area contributed by atoms with Crippen molar-refractivity contribution in [1.82, 2.24) is 4.72 Å². The molecule has 1 aliphatic carbocycles. The zero-order valence-corrected chi connectivity index (χ0v) is 13.7. The summed E-state index contributed by atoms with van der Waals surface area (Å²) in [5, 5.41) is 0. The second kappa shape index (κ2) is 5.94. The van der Waals surface area contributed by atoms with Crippen molar-refractivity contribution >= 4 is 26.0 Å². The third-order valence-electron chi connectivity index (χ3n) is 4.01. The summed E-state index contributed by atoms with van der Waals surface area (Å²) in [6.07, 6.45) is 3.55. The van der Waals surface area contributed by atoms with Gasteiger partial charge in [0.25, 0.3) is 0 Å². The van der Waals surface area contributed by atoms with Gasteiger partial charge in [-0.1, -0.05) is 35.7 Å². The Morgan fingerprint density at radius 2 is 2.11 bits per heavy atom. The van der Waals surface area contributed by atoms with E-state index in [0.29, 0.717) is 23.3 Å². The first kappa shape index (κ1) is 15.0. The van der Waals surface area contributed by atoms with Crippen LogP contribution in [0.5, 0.6) is 0 Å². The van der Waals surface area contributed by atoms with E-state index < -0.39 is 10.0 Å². The minimum Gasteiger partial charge on any atom is -0.211 e. The van der Waals surface area contributed by atoms with E-state index in [1.807, 2.05) is 6.92 Å². The first-order valence-electron chi connectivity index (χ1n) is 6.66. The Balaban J connectivity index is 2.07. The van der Waals surface area contributed by atoms with Crippen LogP contribution in [0.25, 0.3) is 0 Å². The zero-order valence-electron chi connectivity index (χ0n) is 11.3. The predicted octanol–water partition coefficient (Wildman–Crippen LogP) is 3.47. The zero-order chi connectivity index (χ0) is 14.0. The molecule has 1 aromatic rings. The molecule has 19 heavy (non-hydrogen) atoms. The van der Waals surface area contributed by atoms with Crippen LogP contribution >= 0.6 is 15.9 Å². The highest BCUT2D eigenvalue weighted by Crippen LogP contribution is 2.30. The Labute approximate surface area is 124 Å². The van der Waals surface area contributed by atoms with Gasteiger partial charge in [-0.25, -0.2) is 13.1 Å². The molecule has 1 fully saturated rings. The van der Waals surface area contributed by atoms with Gasteiger partial charge in [0.15, 0.2) is 0 Å². The molecular weight excluding hydrogens is 326 g/mol. The third kappa shape index (κ3) is 3.58. The molecule has 2 atom stereocenters. The second-order valence-corrected chi connectivity index (χ2v) is 8.05. The fraction of sp³-hybridized carbons (Fsp3) is 0.571. The second-order valence-electron chi connectivity index (χ2n) is 5.43. The van der Waals surface area contributed by atoms with Crippen molar-refractivity contribution < 1.29 is 8.42 Å². The largest absolute Gasteiger partial charge is 0.240 e. The molecule has 0 spiro atoms. The molecule has 0 aliphatic heterocycles. The maximum absolute atomic E-state index is 12.2. The van der Waals surface area contributed by atoms with Crippen LogP contribution in [-0.2, 0) is 10.0 Å². The standard InChI is InChI=1S/C14H20BrNO2S/c1-10-4-3-5-12(10)9-16-19(17,18)13-6-7-14(15)11(2)8-13/h6-8,10,12,16H,3-5,9H2,1-2H3. The summed E-state index contributed by atoms with van der Waals surface area (Å²) in [6.45, 7) is 4.65. The summed E-state index contributed by atoms with van der Waals surface area (Å²) in [6, 6.07) is 5.12. The van der Waals surface area contributed by atoms with E-state index in [1.165, 1.54) is 12.8 Å². The third-order valence-corrected chi connectivity index (χ3v) is 6.33. The highest BCUT2D eigenvalue weighted by molar-refractivity contribution is 9.10. The summed E-state index contributed by atoms with van der Waals surface area (Å²) in [5.74, 6) is 1.10. The Hall–Kier alpha value is -0.390. The first-order chi connectivity index (χ1) is 8.90. The normalized spacial score (nSPS) is 23.7. The number of aryl methyl sites for hydroxylation is 1. The molecular formula is C14H20BrNO2S. The van der Waals surface area contributed by atoms with Crippen LogP contribution in [-0.4, -0.2) is 15.0 Å². The lowest BCUT2D eigenvalue weighted by Gasteiger charge is -2.16. The van der Waals surface area contributed by atoms with Gasteiger partial charge in [-0.2, -0.15) is 0 Å². The van der Waals surface area contributed by atoms with Crippen LogP contribution in [0.2, 0.25) is 0 Å². The van der Waals surface area contributed by atoms with Crippen molar-refractivity contribution in [3.63, 3.8) is 0 Å². The van der Waals surface area contributed by atoms with Crippen molar-refractivity contribution in [2.75, 3.05) is 6.54 Å². The topological polar surface area (TPSA) is 46.2 Å². The minimum absolute atomic E-state index is 0.346. The molecule has 2 rings (SSSR count). The summed E-state index contributed by atoms with van der Waals surface area (Å²) in [4.78, 5) is 0.346. The van der Waals surface area contributed by atoms with Crippen LogP contribution in [0.15, 0.2) is 27.6 Å². The predicted molar refractivity (Wildman–Crippen MR) is 80.6 cm³/mol. The number of halogens is 1. The summed E-state index contributed by atoms with van der Waals surface area (Å²) in [7, 11) is -3.38. The molecule has 1 aliphatic rings. The Morgan fingerprint density at radius 3 is 2.68 bits per heavy atom. The van der Waals surface area contributed by atoms with E-state index in [-0.39, 0.29) is 0 Å². The van der Waals surface area contributed by atoms with Crippen LogP contribution in [0.3, 0.4) is 0 Å². The maximum atomic E-state index is 12.2. The first-order valence-corrected chi connectivity index (χ1v) is 8.93. The lowest BCUT2D eigenvalue weighted by molar-refractivity contribution is 0.414. The maximum Gasteiger partial charge on any atom is 0.240 e. The van der Waals surface area contributed by atoms with E-state index in [2.05, 4.69) is 27.6 Å². The Kier molecular flexibility index (Phi) is 4.69. The average molecular weight is 346 g/mol. The van der Waals surface area contributed by atoms with Crippen molar-refractivity contribution in [3.8, 4) is 0 Å². The molecule has 3 nitrogen and oxygen atoms in total. The summed E-state index contributed by atoms with van der Waals surface area (Å²) >= 11 is 3.38. The molecule has 0 saturated heterocycles. The highest BCUT2D eigenvalue weighted by Gasteiger charge is 2.25. The van der Waals surface area contributed by atoms with Gasteiger partial charge in [-0.05, 0) is 48.9 Å². The average Bonchev–Trinajstić information content (AvgIpc) is 2.76. The number of sulfonamides is 1. The van der Waals surface area contributed by atoms with Gasteiger partial charge in [0, 0.05) is 11.0 Å². The van der Waals surface area contributed by atoms with Gasteiger partial charge < -0.3 is 0 Å². The van der Waals surface area contributed by atoms with E-state index >= 15 is 0 Å². The molecule has 5 heteroatoms. The molecule has 1 aromatic carbocycles. The van der Waals surface area contributed by atoms with E-state index in [9.17, 15) is 8.42 Å². The van der Waals surface area contributed by atoms with Crippen LogP contribution in [0, 0.1) is 18.8 Å². The fourth-order valence-corrected chi connectivity index (χ4v) is 4.04. The van der Waals surface area contributed by atoms with Crippen LogP contribution in [0.4, 0.5) is 0 Å². The lowest BCUT2D eigenvalue weighted by atomic mass is 9.99. The number of rotatable bonds is 4. The SMILES string of the molecule is Cc1cc(S(=O)(=O)NCC2CCCC2C)ccc1Br. The molecule has 1 N–H and O–H groups in total. The summed E-state index contributed by atoms with van der Waals surface area (Å²) in [5.41, 5.74) is 0.928. The Bertz CT molecular complexity index is 557. The Morgan fingerprint density at radius 1 is 1.37 bits per heavy atom. The van der Waals surface area contributed by atoms with Gasteiger partial charge in [-0.3, -0.25) is 0 Å². The molecule has 0 radical (unpaired) electrons. The lowest BCUT2D eigenvalue weighted by Crippen LogP contribution is -2.30. The van der Waals surface area contributed by atoms with E-state index in [4.69, 9.17) is 0 Å². The molecule has 2 unspecified atom stereocenters. The molecule has 0 bridgehead atoms. The van der Waals surface area contributed by atoms with Gasteiger partial charge in [-0.15, -0.1) is 0 Å². The summed E-state index contributed by atoms with van der Waals surface area (Å²) < 4.78 is 28.1. The van der Waals surface area contributed by atoms with E-state index in [0.717, 1.165) is 16.5 Å². The van der Waals surface area contributed by atoms with Crippen molar-refractivity contribution in [3.05, 3.63) is 28.2 Å². The van der Waals surface area contributed by atoms with Gasteiger partial charge >= 0.3 is 0 Å².